The van der Waals surface area contributed by atoms with Gasteiger partial charge in [0.15, 0.2) is 5.12 Å². The van der Waals surface area contributed by atoms with Crippen molar-refractivity contribution in [2.24, 2.45) is 0 Å². The first-order valence-electron chi connectivity index (χ1n) is 4.41. The summed E-state index contributed by atoms with van der Waals surface area (Å²) in [6.45, 7) is 5.44. The van der Waals surface area contributed by atoms with E-state index >= 15 is 0 Å². The van der Waals surface area contributed by atoms with Gasteiger partial charge in [0.25, 0.3) is 0 Å². The van der Waals surface area contributed by atoms with Gasteiger partial charge in [-0.1, -0.05) is 25.1 Å². The van der Waals surface area contributed by atoms with Crippen LogP contribution in [-0.4, -0.2) is 21.6 Å². The van der Waals surface area contributed by atoms with Crippen molar-refractivity contribution in [3.8, 4) is 0 Å². The molecule has 0 aliphatic carbocycles. The Morgan fingerprint density at radius 2 is 2.17 bits per heavy atom. The Morgan fingerprint density at radius 1 is 1.58 bits per heavy atom. The summed E-state index contributed by atoms with van der Waals surface area (Å²) in [5, 5.41) is 9.58. The Hall–Kier alpha value is -0.0200. The van der Waals surface area contributed by atoms with Gasteiger partial charge in [-0.05, 0) is 19.8 Å². The summed E-state index contributed by atoms with van der Waals surface area (Å²) in [5.74, 6) is 0. The van der Waals surface area contributed by atoms with Crippen LogP contribution in [0.4, 0.5) is 0 Å². The highest BCUT2D eigenvalue weighted by atomic mass is 32.2. The smallest absolute Gasteiger partial charge is 0.186 e. The summed E-state index contributed by atoms with van der Waals surface area (Å²) >= 11 is 1.35. The van der Waals surface area contributed by atoms with E-state index in [1.165, 1.54) is 11.8 Å². The molecule has 0 radical (unpaired) electrons. The number of rotatable bonds is 5. The fourth-order valence-corrected chi connectivity index (χ4v) is 2.36. The summed E-state index contributed by atoms with van der Waals surface area (Å²) in [6, 6.07) is 0. The van der Waals surface area contributed by atoms with E-state index in [4.69, 9.17) is 5.11 Å². The summed E-state index contributed by atoms with van der Waals surface area (Å²) in [7, 11) is 0. The van der Waals surface area contributed by atoms with Crippen LogP contribution in [0.25, 0.3) is 0 Å². The summed E-state index contributed by atoms with van der Waals surface area (Å²) < 4.78 is 0. The number of aliphatic hydroxyl groups is 1. The third-order valence-corrected chi connectivity index (χ3v) is 2.64. The van der Waals surface area contributed by atoms with Crippen LogP contribution in [0.2, 0.25) is 0 Å². The zero-order valence-electron chi connectivity index (χ0n) is 8.04. The van der Waals surface area contributed by atoms with Gasteiger partial charge in [0.2, 0.25) is 0 Å². The molecule has 0 aromatic heterocycles. The normalized spacial score (nSPS) is 15.7. The molecular formula is C9H18O2S. The second-order valence-corrected chi connectivity index (χ2v) is 4.58. The van der Waals surface area contributed by atoms with Crippen molar-refractivity contribution in [2.45, 2.75) is 51.4 Å². The van der Waals surface area contributed by atoms with E-state index in [-0.39, 0.29) is 11.2 Å². The summed E-state index contributed by atoms with van der Waals surface area (Å²) in [5.41, 5.74) is 0. The third-order valence-electron chi connectivity index (χ3n) is 1.55. The van der Waals surface area contributed by atoms with Gasteiger partial charge in [-0.15, -0.1) is 0 Å². The van der Waals surface area contributed by atoms with Crippen LogP contribution in [0.3, 0.4) is 0 Å². The van der Waals surface area contributed by atoms with Crippen LogP contribution in [0.1, 0.15) is 40.0 Å². The van der Waals surface area contributed by atoms with Crippen LogP contribution in [0.15, 0.2) is 0 Å². The second-order valence-electron chi connectivity index (χ2n) is 3.10. The number of carbonyl (C=O) groups is 1. The molecule has 0 heterocycles. The molecule has 0 saturated heterocycles. The molecule has 72 valence electrons. The lowest BCUT2D eigenvalue weighted by Gasteiger charge is -2.14. The highest BCUT2D eigenvalue weighted by molar-refractivity contribution is 8.14. The largest absolute Gasteiger partial charge is 0.393 e. The van der Waals surface area contributed by atoms with Crippen LogP contribution < -0.4 is 0 Å². The predicted molar refractivity (Wildman–Crippen MR) is 53.3 cm³/mol. The maximum atomic E-state index is 10.8. The van der Waals surface area contributed by atoms with Crippen molar-refractivity contribution in [1.82, 2.24) is 0 Å². The van der Waals surface area contributed by atoms with Gasteiger partial charge in [0, 0.05) is 12.2 Å². The molecule has 12 heavy (non-hydrogen) atoms. The molecule has 0 spiro atoms. The lowest BCUT2D eigenvalue weighted by atomic mass is 10.1. The van der Waals surface area contributed by atoms with E-state index in [1.807, 2.05) is 0 Å². The Morgan fingerprint density at radius 3 is 2.50 bits per heavy atom. The van der Waals surface area contributed by atoms with E-state index in [0.717, 1.165) is 19.3 Å². The minimum Gasteiger partial charge on any atom is -0.393 e. The van der Waals surface area contributed by atoms with Gasteiger partial charge in [-0.2, -0.15) is 0 Å². The van der Waals surface area contributed by atoms with E-state index < -0.39 is 0 Å². The first kappa shape index (κ1) is 12.0. The van der Waals surface area contributed by atoms with Crippen molar-refractivity contribution in [1.29, 1.82) is 0 Å². The molecule has 3 heteroatoms. The minimum absolute atomic E-state index is 0.147. The van der Waals surface area contributed by atoms with Crippen LogP contribution >= 0.6 is 11.8 Å². The third kappa shape index (κ3) is 6.68. The number of thioether (sulfide) groups is 1. The first-order valence-corrected chi connectivity index (χ1v) is 5.29. The number of hydrogen-bond acceptors (Lipinski definition) is 3. The minimum atomic E-state index is -0.298. The standard InChI is InChI=1S/C9H18O2S/c1-4-5-9(6-7(2)10)12-8(3)11/h7,9-10H,4-6H2,1-3H3/t7-,9-/m0/s1. The topological polar surface area (TPSA) is 37.3 Å². The van der Waals surface area contributed by atoms with E-state index in [0.29, 0.717) is 5.25 Å². The van der Waals surface area contributed by atoms with Gasteiger partial charge < -0.3 is 5.11 Å². The molecule has 0 bridgehead atoms. The van der Waals surface area contributed by atoms with Crippen molar-refractivity contribution in [3.05, 3.63) is 0 Å². The zero-order chi connectivity index (χ0) is 9.56. The SMILES string of the molecule is CCC[C@@H](C[C@H](C)O)SC(C)=O. The van der Waals surface area contributed by atoms with Crippen molar-refractivity contribution in [3.63, 3.8) is 0 Å². The maximum absolute atomic E-state index is 10.8. The Labute approximate surface area is 78.7 Å². The first-order chi connectivity index (χ1) is 5.56. The van der Waals surface area contributed by atoms with Gasteiger partial charge in [-0.25, -0.2) is 0 Å². The highest BCUT2D eigenvalue weighted by Crippen LogP contribution is 2.21. The predicted octanol–water partition coefficient (Wildman–Crippen LogP) is 2.21. The lowest BCUT2D eigenvalue weighted by Crippen LogP contribution is -2.13. The maximum Gasteiger partial charge on any atom is 0.186 e. The molecule has 0 aromatic rings. The summed E-state index contributed by atoms with van der Waals surface area (Å²) in [4.78, 5) is 10.8. The molecule has 2 nitrogen and oxygen atoms in total. The van der Waals surface area contributed by atoms with E-state index in [2.05, 4.69) is 6.92 Å². The molecule has 0 amide bonds. The molecule has 1 N–H and O–H groups in total. The van der Waals surface area contributed by atoms with Crippen molar-refractivity contribution >= 4 is 16.9 Å². The fraction of sp³-hybridized carbons (Fsp3) is 0.889. The number of hydrogen-bond donors (Lipinski definition) is 1. The Bertz CT molecular complexity index is 134. The van der Waals surface area contributed by atoms with Crippen molar-refractivity contribution < 1.29 is 9.90 Å². The van der Waals surface area contributed by atoms with Crippen LogP contribution in [-0.2, 0) is 4.79 Å². The van der Waals surface area contributed by atoms with Crippen LogP contribution in [0.5, 0.6) is 0 Å². The van der Waals surface area contributed by atoms with Gasteiger partial charge in [0.1, 0.15) is 0 Å². The molecular weight excluding hydrogens is 172 g/mol. The molecule has 0 aliphatic rings. The second kappa shape index (κ2) is 6.49. The monoisotopic (exact) mass is 190 g/mol. The van der Waals surface area contributed by atoms with E-state index in [1.54, 1.807) is 13.8 Å². The zero-order valence-corrected chi connectivity index (χ0v) is 8.86. The molecule has 0 aromatic carbocycles. The van der Waals surface area contributed by atoms with Crippen molar-refractivity contribution in [2.75, 3.05) is 0 Å². The number of carbonyl (C=O) groups excluding carboxylic acids is 1. The van der Waals surface area contributed by atoms with Gasteiger partial charge >= 0.3 is 0 Å². The fourth-order valence-electron chi connectivity index (χ4n) is 1.16. The van der Waals surface area contributed by atoms with Gasteiger partial charge in [0.05, 0.1) is 6.10 Å². The average Bonchev–Trinajstić information content (AvgIpc) is 1.84. The average molecular weight is 190 g/mol. The molecule has 0 fully saturated rings. The molecule has 0 unspecified atom stereocenters. The molecule has 0 saturated carbocycles. The highest BCUT2D eigenvalue weighted by Gasteiger charge is 2.13. The molecule has 2 atom stereocenters. The van der Waals surface area contributed by atoms with E-state index in [9.17, 15) is 4.79 Å². The number of aliphatic hydroxyl groups excluding tert-OH is 1. The van der Waals surface area contributed by atoms with Crippen LogP contribution in [0, 0.1) is 0 Å². The molecule has 0 aliphatic heterocycles. The molecule has 0 rings (SSSR count). The summed E-state index contributed by atoms with van der Waals surface area (Å²) in [6.07, 6.45) is 2.50. The lowest BCUT2D eigenvalue weighted by molar-refractivity contribution is -0.109. The van der Waals surface area contributed by atoms with Gasteiger partial charge in [-0.3, -0.25) is 4.79 Å². The quantitative estimate of drug-likeness (QED) is 0.722. The Kier molecular flexibility index (Phi) is 6.48. The Balaban J connectivity index is 3.77.